The highest BCUT2D eigenvalue weighted by Gasteiger charge is 2.36. The lowest BCUT2D eigenvalue weighted by Gasteiger charge is -2.23. The molecule has 0 radical (unpaired) electrons. The Morgan fingerprint density at radius 1 is 0.397 bits per heavy atom. The van der Waals surface area contributed by atoms with Crippen molar-refractivity contribution in [1.82, 2.24) is 9.97 Å². The Labute approximate surface area is 340 Å². The van der Waals surface area contributed by atoms with E-state index in [-0.39, 0.29) is 5.41 Å². The lowest BCUT2D eigenvalue weighted by atomic mass is 9.80. The molecule has 0 atom stereocenters. The predicted octanol–water partition coefficient (Wildman–Crippen LogP) is 15.3. The van der Waals surface area contributed by atoms with Crippen LogP contribution < -0.4 is 0 Å². The highest BCUT2D eigenvalue weighted by atomic mass is 32.1. The molecule has 3 heteroatoms. The van der Waals surface area contributed by atoms with E-state index in [2.05, 4.69) is 190 Å². The molecule has 11 aromatic rings. The van der Waals surface area contributed by atoms with E-state index in [1.54, 1.807) is 0 Å². The van der Waals surface area contributed by atoms with Gasteiger partial charge >= 0.3 is 0 Å². The number of hydrogen-bond acceptors (Lipinski definition) is 3. The highest BCUT2D eigenvalue weighted by Crippen LogP contribution is 2.51. The zero-order valence-corrected chi connectivity index (χ0v) is 32.9. The Bertz CT molecular complexity index is 3460. The van der Waals surface area contributed by atoms with Gasteiger partial charge in [0.25, 0.3) is 0 Å². The fourth-order valence-electron chi connectivity index (χ4n) is 9.56. The molecule has 0 saturated carbocycles. The maximum absolute atomic E-state index is 5.27. The molecule has 2 heterocycles. The smallest absolute Gasteiger partial charge is 0.0979 e. The van der Waals surface area contributed by atoms with E-state index in [0.717, 1.165) is 38.6 Å². The van der Waals surface area contributed by atoms with E-state index in [1.165, 1.54) is 81.0 Å². The Morgan fingerprint density at radius 3 is 1.62 bits per heavy atom. The van der Waals surface area contributed by atoms with E-state index in [1.807, 2.05) is 17.5 Å². The molecular formula is C55H36N2S. The normalized spacial score (nSPS) is 13.1. The standard InChI is InChI=1S/C55H36N2S/c1-55(2)48-30-36(24-26-42(48)43-27-25-37(31-49(43)55)39-21-11-22-47-44-18-7-8-23-51(44)58-54(39)47)34-13-9-12-33(28-34)35-14-10-15-38(29-35)50-32-56-52-45-19-5-3-16-40(45)41-17-4-6-20-46(41)53(52)57-50/h3-32H,1-2H3. The lowest BCUT2D eigenvalue weighted by Crippen LogP contribution is -2.15. The third-order valence-electron chi connectivity index (χ3n) is 12.5. The van der Waals surface area contributed by atoms with Crippen molar-refractivity contribution in [1.29, 1.82) is 0 Å². The largest absolute Gasteiger partial charge is 0.252 e. The summed E-state index contributed by atoms with van der Waals surface area (Å²) in [4.78, 5) is 10.3. The average Bonchev–Trinajstić information content (AvgIpc) is 3.78. The maximum Gasteiger partial charge on any atom is 0.0979 e. The van der Waals surface area contributed by atoms with E-state index in [9.17, 15) is 0 Å². The summed E-state index contributed by atoms with van der Waals surface area (Å²) in [5.74, 6) is 0. The van der Waals surface area contributed by atoms with Gasteiger partial charge in [-0.1, -0.05) is 159 Å². The Morgan fingerprint density at radius 2 is 0.914 bits per heavy atom. The van der Waals surface area contributed by atoms with Crippen molar-refractivity contribution in [3.8, 4) is 55.8 Å². The zero-order valence-electron chi connectivity index (χ0n) is 32.1. The van der Waals surface area contributed by atoms with Gasteiger partial charge in [-0.3, -0.25) is 4.98 Å². The Balaban J connectivity index is 0.892. The summed E-state index contributed by atoms with van der Waals surface area (Å²) in [7, 11) is 0. The molecule has 0 fully saturated rings. The second-order valence-electron chi connectivity index (χ2n) is 16.1. The average molecular weight is 757 g/mol. The van der Waals surface area contributed by atoms with Crippen LogP contribution >= 0.6 is 11.3 Å². The van der Waals surface area contributed by atoms with Gasteiger partial charge in [-0.25, -0.2) is 4.98 Å². The van der Waals surface area contributed by atoms with Gasteiger partial charge in [-0.15, -0.1) is 11.3 Å². The lowest BCUT2D eigenvalue weighted by molar-refractivity contribution is 0.661. The minimum Gasteiger partial charge on any atom is -0.252 e. The first-order valence-corrected chi connectivity index (χ1v) is 20.8. The number of thiophene rings is 1. The fourth-order valence-corrected chi connectivity index (χ4v) is 10.8. The van der Waals surface area contributed by atoms with Crippen molar-refractivity contribution >= 4 is 64.1 Å². The Hall–Kier alpha value is -6.94. The molecule has 0 spiro atoms. The van der Waals surface area contributed by atoms with Gasteiger partial charge < -0.3 is 0 Å². The first-order chi connectivity index (χ1) is 28.5. The van der Waals surface area contributed by atoms with Crippen LogP contribution in [0.5, 0.6) is 0 Å². The molecule has 1 aliphatic rings. The van der Waals surface area contributed by atoms with Crippen molar-refractivity contribution in [2.75, 3.05) is 0 Å². The van der Waals surface area contributed by atoms with Crippen molar-refractivity contribution in [2.24, 2.45) is 0 Å². The third kappa shape index (κ3) is 4.97. The first kappa shape index (κ1) is 33.2. The van der Waals surface area contributed by atoms with Crippen LogP contribution in [-0.4, -0.2) is 9.97 Å². The van der Waals surface area contributed by atoms with E-state index in [0.29, 0.717) is 0 Å². The number of aromatic nitrogens is 2. The van der Waals surface area contributed by atoms with Gasteiger partial charge in [0.1, 0.15) is 0 Å². The van der Waals surface area contributed by atoms with Gasteiger partial charge in [-0.2, -0.15) is 0 Å². The monoisotopic (exact) mass is 756 g/mol. The summed E-state index contributed by atoms with van der Waals surface area (Å²) in [5.41, 5.74) is 16.4. The van der Waals surface area contributed by atoms with Crippen LogP contribution in [0.15, 0.2) is 182 Å². The topological polar surface area (TPSA) is 25.8 Å². The summed E-state index contributed by atoms with van der Waals surface area (Å²) in [5, 5.41) is 7.34. The zero-order chi connectivity index (χ0) is 38.5. The molecule has 0 amide bonds. The van der Waals surface area contributed by atoms with E-state index in [4.69, 9.17) is 9.97 Å². The quantitative estimate of drug-likeness (QED) is 0.167. The van der Waals surface area contributed by atoms with Crippen molar-refractivity contribution < 1.29 is 0 Å². The molecule has 0 N–H and O–H groups in total. The van der Waals surface area contributed by atoms with Gasteiger partial charge in [0, 0.05) is 41.9 Å². The summed E-state index contributed by atoms with van der Waals surface area (Å²) >= 11 is 1.90. The van der Waals surface area contributed by atoms with Crippen molar-refractivity contribution in [3.63, 3.8) is 0 Å². The fraction of sp³-hybridized carbons (Fsp3) is 0.0545. The minimum absolute atomic E-state index is 0.144. The molecule has 58 heavy (non-hydrogen) atoms. The van der Waals surface area contributed by atoms with Gasteiger partial charge in [-0.05, 0) is 96.7 Å². The van der Waals surface area contributed by atoms with Crippen LogP contribution in [0.2, 0.25) is 0 Å². The molecule has 0 bridgehead atoms. The first-order valence-electron chi connectivity index (χ1n) is 20.0. The van der Waals surface area contributed by atoms with Crippen LogP contribution in [-0.2, 0) is 5.41 Å². The van der Waals surface area contributed by atoms with Crippen molar-refractivity contribution in [2.45, 2.75) is 19.3 Å². The van der Waals surface area contributed by atoms with Crippen molar-refractivity contribution in [3.05, 3.63) is 193 Å². The second kappa shape index (κ2) is 12.5. The molecule has 12 rings (SSSR count). The molecule has 0 saturated heterocycles. The number of benzene rings is 9. The van der Waals surface area contributed by atoms with Crippen LogP contribution in [0.25, 0.3) is 109 Å². The highest BCUT2D eigenvalue weighted by molar-refractivity contribution is 7.26. The van der Waals surface area contributed by atoms with E-state index >= 15 is 0 Å². The van der Waals surface area contributed by atoms with Gasteiger partial charge in [0.2, 0.25) is 0 Å². The van der Waals surface area contributed by atoms with Gasteiger partial charge in [0.05, 0.1) is 22.9 Å². The number of rotatable bonds is 4. The third-order valence-corrected chi connectivity index (χ3v) is 13.7. The SMILES string of the molecule is CC1(C)c2cc(-c3cccc(-c4cccc(-c5cnc6c7ccccc7c7ccccc7c6n5)c4)c3)ccc2-c2ccc(-c3cccc4c3sc3ccccc34)cc21. The summed E-state index contributed by atoms with van der Waals surface area (Å²) in [6, 6.07) is 64.4. The van der Waals surface area contributed by atoms with Crippen LogP contribution in [0.1, 0.15) is 25.0 Å². The minimum atomic E-state index is -0.144. The molecule has 2 aromatic heterocycles. The van der Waals surface area contributed by atoms with Crippen LogP contribution in [0.3, 0.4) is 0 Å². The van der Waals surface area contributed by atoms with Gasteiger partial charge in [0.15, 0.2) is 0 Å². The number of fused-ring (bicyclic) bond motifs is 12. The molecule has 0 unspecified atom stereocenters. The molecule has 9 aromatic carbocycles. The molecule has 272 valence electrons. The summed E-state index contributed by atoms with van der Waals surface area (Å²) in [6.07, 6.45) is 1.93. The summed E-state index contributed by atoms with van der Waals surface area (Å²) < 4.78 is 2.70. The Kier molecular flexibility index (Phi) is 7.18. The molecule has 1 aliphatic carbocycles. The van der Waals surface area contributed by atoms with Crippen LogP contribution in [0, 0.1) is 0 Å². The van der Waals surface area contributed by atoms with E-state index < -0.39 is 0 Å². The molecular weight excluding hydrogens is 721 g/mol. The maximum atomic E-state index is 5.27. The predicted molar refractivity (Wildman–Crippen MR) is 247 cm³/mol. The number of nitrogens with zero attached hydrogens (tertiary/aromatic N) is 2. The van der Waals surface area contributed by atoms with Crippen LogP contribution in [0.4, 0.5) is 0 Å². The number of hydrogen-bond donors (Lipinski definition) is 0. The molecule has 0 aliphatic heterocycles. The molecule has 2 nitrogen and oxygen atoms in total. The second-order valence-corrected chi connectivity index (χ2v) is 17.2. The summed E-state index contributed by atoms with van der Waals surface area (Å²) in [6.45, 7) is 4.77.